The third-order valence-electron chi connectivity index (χ3n) is 4.60. The highest BCUT2D eigenvalue weighted by molar-refractivity contribution is 9.10. The van der Waals surface area contributed by atoms with Gasteiger partial charge in [-0.1, -0.05) is 39.8 Å². The van der Waals surface area contributed by atoms with Gasteiger partial charge in [-0.15, -0.1) is 0 Å². The summed E-state index contributed by atoms with van der Waals surface area (Å²) in [5.41, 5.74) is 2.68. The van der Waals surface area contributed by atoms with Gasteiger partial charge in [-0.2, -0.15) is 0 Å². The predicted octanol–water partition coefficient (Wildman–Crippen LogP) is 4.88. The summed E-state index contributed by atoms with van der Waals surface area (Å²) in [6.45, 7) is 2.02. The Morgan fingerprint density at radius 3 is 2.68 bits per heavy atom. The molecule has 144 valence electrons. The highest BCUT2D eigenvalue weighted by Crippen LogP contribution is 2.39. The van der Waals surface area contributed by atoms with Crippen molar-refractivity contribution in [3.8, 4) is 0 Å². The summed E-state index contributed by atoms with van der Waals surface area (Å²) < 4.78 is 0.948. The number of aryl methyl sites for hydroxylation is 1. The van der Waals surface area contributed by atoms with Gasteiger partial charge in [-0.25, -0.2) is 4.99 Å². The number of benzene rings is 2. The van der Waals surface area contributed by atoms with Gasteiger partial charge < -0.3 is 5.32 Å². The number of hydrogen-bond donors (Lipinski definition) is 1. The molecule has 4 rings (SSSR count). The zero-order valence-electron chi connectivity index (χ0n) is 15.4. The first-order valence-electron chi connectivity index (χ1n) is 9.20. The van der Waals surface area contributed by atoms with E-state index >= 15 is 0 Å². The molecule has 2 aromatic carbocycles. The fraction of sp³-hybridized carbons (Fsp3) is 0.286. The molecule has 1 aliphatic heterocycles. The number of nitrogens with zero attached hydrogens (tertiary/aromatic N) is 2. The third-order valence-corrected chi connectivity index (χ3v) is 6.28. The van der Waals surface area contributed by atoms with Crippen LogP contribution in [0.5, 0.6) is 0 Å². The van der Waals surface area contributed by atoms with E-state index in [1.54, 1.807) is 4.90 Å². The van der Waals surface area contributed by atoms with Gasteiger partial charge in [0.05, 0.1) is 5.69 Å². The molecule has 2 aliphatic rings. The summed E-state index contributed by atoms with van der Waals surface area (Å²) in [7, 11) is 0. The molecule has 5 nitrogen and oxygen atoms in total. The number of carbonyl (C=O) groups excluding carboxylic acids is 2. The van der Waals surface area contributed by atoms with Crippen molar-refractivity contribution in [2.75, 3.05) is 5.32 Å². The molecule has 0 spiro atoms. The fourth-order valence-corrected chi connectivity index (χ4v) is 4.56. The lowest BCUT2D eigenvalue weighted by Gasteiger charge is -2.15. The highest BCUT2D eigenvalue weighted by Gasteiger charge is 2.46. The van der Waals surface area contributed by atoms with Crippen molar-refractivity contribution in [3.05, 3.63) is 58.6 Å². The van der Waals surface area contributed by atoms with Crippen LogP contribution in [-0.4, -0.2) is 33.2 Å². The van der Waals surface area contributed by atoms with Crippen LogP contribution in [0, 0.1) is 6.92 Å². The number of hydrogen-bond acceptors (Lipinski definition) is 4. The van der Waals surface area contributed by atoms with Crippen LogP contribution in [-0.2, 0) is 9.59 Å². The maximum absolute atomic E-state index is 12.9. The lowest BCUT2D eigenvalue weighted by molar-refractivity contribution is -0.128. The van der Waals surface area contributed by atoms with Gasteiger partial charge in [0.2, 0.25) is 11.8 Å². The van der Waals surface area contributed by atoms with E-state index in [-0.39, 0.29) is 24.3 Å². The summed E-state index contributed by atoms with van der Waals surface area (Å²) in [5.74, 6) is -0.175. The van der Waals surface area contributed by atoms with Gasteiger partial charge >= 0.3 is 0 Å². The first-order chi connectivity index (χ1) is 13.5. The second-order valence-electron chi connectivity index (χ2n) is 7.04. The maximum atomic E-state index is 12.9. The zero-order chi connectivity index (χ0) is 19.7. The lowest BCUT2D eigenvalue weighted by atomic mass is 10.2. The molecule has 1 N–H and O–H groups in total. The van der Waals surface area contributed by atoms with Crippen molar-refractivity contribution in [1.82, 2.24) is 4.90 Å². The highest BCUT2D eigenvalue weighted by atomic mass is 79.9. The topological polar surface area (TPSA) is 61.8 Å². The van der Waals surface area contributed by atoms with Crippen LogP contribution in [0.3, 0.4) is 0 Å². The largest absolute Gasteiger partial charge is 0.326 e. The summed E-state index contributed by atoms with van der Waals surface area (Å²) >= 11 is 4.77. The Morgan fingerprint density at radius 2 is 2.00 bits per heavy atom. The number of anilines is 1. The van der Waals surface area contributed by atoms with E-state index in [9.17, 15) is 9.59 Å². The molecule has 2 aromatic rings. The Morgan fingerprint density at radius 1 is 1.25 bits per heavy atom. The first-order valence-corrected chi connectivity index (χ1v) is 10.9. The minimum Gasteiger partial charge on any atom is -0.326 e. The Kier molecular flexibility index (Phi) is 5.55. The smallest absolute Gasteiger partial charge is 0.242 e. The van der Waals surface area contributed by atoms with Gasteiger partial charge in [-0.05, 0) is 61.7 Å². The number of rotatable bonds is 5. The molecule has 1 saturated carbocycles. The van der Waals surface area contributed by atoms with Gasteiger partial charge in [-0.3, -0.25) is 14.5 Å². The van der Waals surface area contributed by atoms with E-state index < -0.39 is 5.25 Å². The van der Waals surface area contributed by atoms with Gasteiger partial charge in [0.15, 0.2) is 5.17 Å². The molecule has 1 atom stereocenters. The van der Waals surface area contributed by atoms with Crippen molar-refractivity contribution >= 4 is 56.0 Å². The van der Waals surface area contributed by atoms with Crippen LogP contribution < -0.4 is 5.32 Å². The summed E-state index contributed by atoms with van der Waals surface area (Å²) in [5, 5.41) is 3.14. The second-order valence-corrected chi connectivity index (χ2v) is 9.12. The lowest BCUT2D eigenvalue weighted by Crippen LogP contribution is -2.35. The van der Waals surface area contributed by atoms with Crippen molar-refractivity contribution in [3.63, 3.8) is 0 Å². The monoisotopic (exact) mass is 457 g/mol. The summed E-state index contributed by atoms with van der Waals surface area (Å²) in [4.78, 5) is 31.9. The quantitative estimate of drug-likeness (QED) is 0.695. The average Bonchev–Trinajstić information content (AvgIpc) is 3.43. The number of carbonyl (C=O) groups is 2. The van der Waals surface area contributed by atoms with Gasteiger partial charge in [0.1, 0.15) is 5.25 Å². The molecular weight excluding hydrogens is 438 g/mol. The van der Waals surface area contributed by atoms with Gasteiger partial charge in [0.25, 0.3) is 0 Å². The minimum absolute atomic E-state index is 0.00939. The van der Waals surface area contributed by atoms with E-state index in [4.69, 9.17) is 4.99 Å². The second kappa shape index (κ2) is 8.09. The molecular formula is C21H20BrN3O2S. The third kappa shape index (κ3) is 4.47. The number of halogens is 1. The number of amidine groups is 1. The van der Waals surface area contributed by atoms with Crippen LogP contribution in [0.15, 0.2) is 58.0 Å². The van der Waals surface area contributed by atoms with Crippen molar-refractivity contribution in [2.24, 2.45) is 4.99 Å². The van der Waals surface area contributed by atoms with E-state index in [0.29, 0.717) is 5.17 Å². The molecule has 2 amide bonds. The Balaban J connectivity index is 1.48. The zero-order valence-corrected chi connectivity index (χ0v) is 17.8. The molecule has 0 aromatic heterocycles. The molecule has 2 fully saturated rings. The van der Waals surface area contributed by atoms with E-state index in [2.05, 4.69) is 21.2 Å². The van der Waals surface area contributed by atoms with E-state index in [0.717, 1.165) is 34.3 Å². The Labute approximate surface area is 176 Å². The van der Waals surface area contributed by atoms with Crippen LogP contribution in [0.25, 0.3) is 0 Å². The molecule has 1 saturated heterocycles. The van der Waals surface area contributed by atoms with Crippen LogP contribution in [0.2, 0.25) is 0 Å². The maximum Gasteiger partial charge on any atom is 0.242 e. The van der Waals surface area contributed by atoms with E-state index in [1.165, 1.54) is 11.8 Å². The van der Waals surface area contributed by atoms with Crippen LogP contribution >= 0.6 is 27.7 Å². The molecule has 0 radical (unpaired) electrons. The molecule has 0 bridgehead atoms. The SMILES string of the molecule is Cc1cccc(N=C2SC(CC(=O)Nc3ccc(Br)cc3)C(=O)N2C2CC2)c1. The normalized spacial score (nSPS) is 20.6. The molecule has 28 heavy (non-hydrogen) atoms. The Bertz CT molecular complexity index is 941. The number of aliphatic imine (C=N–C) groups is 1. The number of thioether (sulfide) groups is 1. The van der Waals surface area contributed by atoms with Gasteiger partial charge in [0, 0.05) is 22.6 Å². The first kappa shape index (κ1) is 19.2. The molecule has 7 heteroatoms. The van der Waals surface area contributed by atoms with Crippen LogP contribution in [0.1, 0.15) is 24.8 Å². The number of amides is 2. The van der Waals surface area contributed by atoms with Crippen molar-refractivity contribution < 1.29 is 9.59 Å². The predicted molar refractivity (Wildman–Crippen MR) is 117 cm³/mol. The Hall–Kier alpha value is -2.12. The number of nitrogens with one attached hydrogen (secondary N) is 1. The molecule has 1 unspecified atom stereocenters. The minimum atomic E-state index is -0.431. The van der Waals surface area contributed by atoms with E-state index in [1.807, 2.05) is 55.5 Å². The fourth-order valence-electron chi connectivity index (χ4n) is 3.08. The molecule has 1 aliphatic carbocycles. The standard InChI is InChI=1S/C21H20BrN3O2S/c1-13-3-2-4-16(11-13)24-21-25(17-9-10-17)20(27)18(28-21)12-19(26)23-15-7-5-14(22)6-8-15/h2-8,11,17-18H,9-10,12H2,1H3,(H,23,26). The average molecular weight is 458 g/mol. The van der Waals surface area contributed by atoms with Crippen molar-refractivity contribution in [1.29, 1.82) is 0 Å². The molecule has 1 heterocycles. The summed E-state index contributed by atoms with van der Waals surface area (Å²) in [6, 6.07) is 15.5. The van der Waals surface area contributed by atoms with Crippen molar-refractivity contribution in [2.45, 2.75) is 37.5 Å². The summed E-state index contributed by atoms with van der Waals surface area (Å²) in [6.07, 6.45) is 2.13. The van der Waals surface area contributed by atoms with Crippen LogP contribution in [0.4, 0.5) is 11.4 Å².